The van der Waals surface area contributed by atoms with Crippen LogP contribution < -0.4 is 11.1 Å². The van der Waals surface area contributed by atoms with Crippen LogP contribution in [0.15, 0.2) is 72.5 Å². The second kappa shape index (κ2) is 10.3. The van der Waals surface area contributed by atoms with Gasteiger partial charge < -0.3 is 25.1 Å². The molecule has 0 unspecified atom stereocenters. The second-order valence-electron chi connectivity index (χ2n) is 10.9. The lowest BCUT2D eigenvalue weighted by Gasteiger charge is -2.32. The largest absolute Gasteiger partial charge is 0.492 e. The number of nitrogens with two attached hydrogens (primary N) is 1. The number of alkyl carbamates (subject to hydrolysis) is 1. The first-order chi connectivity index (χ1) is 18.6. The number of amides is 2. The molecule has 2 amide bonds. The van der Waals surface area contributed by atoms with Crippen LogP contribution in [0, 0.1) is 0 Å². The van der Waals surface area contributed by atoms with E-state index in [1.807, 2.05) is 52.0 Å². The normalized spacial score (nSPS) is 17.4. The zero-order valence-electron chi connectivity index (χ0n) is 22.6. The number of ether oxygens (including phenoxy) is 1. The minimum atomic E-state index is -0.721. The fourth-order valence-corrected chi connectivity index (χ4v) is 4.91. The Bertz CT molecular complexity index is 1390. The first kappa shape index (κ1) is 26.7. The Morgan fingerprint density at radius 2 is 1.59 bits per heavy atom. The van der Waals surface area contributed by atoms with Crippen LogP contribution in [0.4, 0.5) is 4.79 Å². The predicted octanol–water partition coefficient (Wildman–Crippen LogP) is 4.73. The maximum atomic E-state index is 12.9. The molecule has 0 saturated carbocycles. The molecule has 1 fully saturated rings. The highest BCUT2D eigenvalue weighted by Gasteiger charge is 2.52. The Kier molecular flexibility index (Phi) is 7.05. The standard InChI is InChI=1S/C30H32BN3O5/c1-29(2)30(3,4)39-31(38-29)21(14-19-13-20(27(32)35)16-33-15-19)17-34-28(36)37-18-26-24-11-7-5-9-22(24)23-10-6-8-12-25(23)26/h5-16,26H,17-18H2,1-4H3,(H2,32,35)(H,34,36). The fourth-order valence-electron chi connectivity index (χ4n) is 4.91. The molecule has 39 heavy (non-hydrogen) atoms. The van der Waals surface area contributed by atoms with Crippen molar-refractivity contribution in [3.8, 4) is 11.1 Å². The maximum absolute atomic E-state index is 12.9. The average Bonchev–Trinajstić information content (AvgIpc) is 3.34. The van der Waals surface area contributed by atoms with Crippen molar-refractivity contribution in [2.24, 2.45) is 5.73 Å². The molecule has 3 aromatic rings. The van der Waals surface area contributed by atoms with Gasteiger partial charge in [0.2, 0.25) is 5.91 Å². The minimum absolute atomic E-state index is 0.0381. The topological polar surface area (TPSA) is 113 Å². The summed E-state index contributed by atoms with van der Waals surface area (Å²) < 4.78 is 18.2. The molecule has 3 N–H and O–H groups in total. The zero-order chi connectivity index (χ0) is 27.8. The van der Waals surface area contributed by atoms with E-state index >= 15 is 0 Å². The molecule has 9 heteroatoms. The summed E-state index contributed by atoms with van der Waals surface area (Å²) in [6.45, 7) is 8.14. The zero-order valence-corrected chi connectivity index (χ0v) is 22.6. The van der Waals surface area contributed by atoms with Crippen molar-refractivity contribution in [1.82, 2.24) is 10.3 Å². The maximum Gasteiger partial charge on any atom is 0.492 e. The summed E-state index contributed by atoms with van der Waals surface area (Å²) in [5, 5.41) is 2.84. The van der Waals surface area contributed by atoms with Crippen LogP contribution in [-0.2, 0) is 14.0 Å². The average molecular weight is 525 g/mol. The van der Waals surface area contributed by atoms with Crippen molar-refractivity contribution in [3.05, 3.63) is 94.7 Å². The highest BCUT2D eigenvalue weighted by molar-refractivity contribution is 6.56. The van der Waals surface area contributed by atoms with Crippen LogP contribution in [0.5, 0.6) is 0 Å². The second-order valence-corrected chi connectivity index (χ2v) is 10.9. The third kappa shape index (κ3) is 5.33. The lowest BCUT2D eigenvalue weighted by molar-refractivity contribution is 0.00578. The summed E-state index contributed by atoms with van der Waals surface area (Å²) in [4.78, 5) is 28.6. The molecular weight excluding hydrogens is 493 g/mol. The van der Waals surface area contributed by atoms with Crippen LogP contribution in [0.3, 0.4) is 0 Å². The highest BCUT2D eigenvalue weighted by Crippen LogP contribution is 2.44. The van der Waals surface area contributed by atoms with Gasteiger partial charge in [0.05, 0.1) is 16.8 Å². The van der Waals surface area contributed by atoms with E-state index in [1.165, 1.54) is 17.3 Å². The molecule has 0 radical (unpaired) electrons. The summed E-state index contributed by atoms with van der Waals surface area (Å²) in [5.74, 6) is -0.615. The molecule has 1 aromatic heterocycles. The molecule has 2 aromatic carbocycles. The van der Waals surface area contributed by atoms with Gasteiger partial charge in [0.25, 0.3) is 0 Å². The van der Waals surface area contributed by atoms with Crippen LogP contribution in [-0.4, -0.2) is 48.5 Å². The van der Waals surface area contributed by atoms with Crippen molar-refractivity contribution in [2.45, 2.75) is 44.8 Å². The molecule has 1 aliphatic heterocycles. The van der Waals surface area contributed by atoms with E-state index < -0.39 is 30.3 Å². The Hall–Kier alpha value is -3.95. The molecule has 1 aliphatic carbocycles. The number of primary amides is 1. The summed E-state index contributed by atoms with van der Waals surface area (Å²) in [5.41, 5.74) is 10.5. The Morgan fingerprint density at radius 3 is 2.18 bits per heavy atom. The smallest absolute Gasteiger partial charge is 0.449 e. The van der Waals surface area contributed by atoms with Crippen LogP contribution in [0.25, 0.3) is 17.2 Å². The van der Waals surface area contributed by atoms with E-state index in [1.54, 1.807) is 18.3 Å². The number of benzene rings is 2. The van der Waals surface area contributed by atoms with Crippen molar-refractivity contribution in [2.75, 3.05) is 13.2 Å². The molecule has 8 nitrogen and oxygen atoms in total. The van der Waals surface area contributed by atoms with Gasteiger partial charge in [0.1, 0.15) is 6.61 Å². The number of hydrogen-bond acceptors (Lipinski definition) is 6. The van der Waals surface area contributed by atoms with Gasteiger partial charge >= 0.3 is 13.2 Å². The van der Waals surface area contributed by atoms with Gasteiger partial charge in [-0.25, -0.2) is 4.79 Å². The minimum Gasteiger partial charge on any atom is -0.449 e. The number of rotatable bonds is 7. The fraction of sp³-hybridized carbons (Fsp3) is 0.300. The van der Waals surface area contributed by atoms with Crippen LogP contribution in [0.2, 0.25) is 0 Å². The van der Waals surface area contributed by atoms with Crippen LogP contribution >= 0.6 is 0 Å². The van der Waals surface area contributed by atoms with Crippen LogP contribution in [0.1, 0.15) is 60.7 Å². The molecular formula is C30H32BN3O5. The number of carbonyl (C=O) groups excluding carboxylic acids is 2. The van der Waals surface area contributed by atoms with Crippen molar-refractivity contribution in [3.63, 3.8) is 0 Å². The number of aromatic nitrogens is 1. The lowest BCUT2D eigenvalue weighted by atomic mass is 9.77. The van der Waals surface area contributed by atoms with Crippen molar-refractivity contribution >= 4 is 25.2 Å². The summed E-state index contributed by atoms with van der Waals surface area (Å²) in [6, 6.07) is 18.0. The number of hydrogen-bond donors (Lipinski definition) is 2. The van der Waals surface area contributed by atoms with Gasteiger partial charge in [-0.05, 0) is 67.1 Å². The number of nitrogens with one attached hydrogen (secondary N) is 1. The quantitative estimate of drug-likeness (QED) is 0.431. The molecule has 1 saturated heterocycles. The van der Waals surface area contributed by atoms with Gasteiger partial charge in [0.15, 0.2) is 0 Å². The Labute approximate surface area is 228 Å². The molecule has 2 heterocycles. The van der Waals surface area contributed by atoms with Gasteiger partial charge in [-0.2, -0.15) is 0 Å². The lowest BCUT2D eigenvalue weighted by Crippen LogP contribution is -2.41. The van der Waals surface area contributed by atoms with Gasteiger partial charge in [-0.3, -0.25) is 9.78 Å². The first-order valence-electron chi connectivity index (χ1n) is 13.0. The van der Waals surface area contributed by atoms with E-state index in [4.69, 9.17) is 19.8 Å². The van der Waals surface area contributed by atoms with E-state index in [-0.39, 0.29) is 24.6 Å². The first-order valence-corrected chi connectivity index (χ1v) is 13.0. The van der Waals surface area contributed by atoms with Crippen molar-refractivity contribution in [1.29, 1.82) is 0 Å². The van der Waals surface area contributed by atoms with E-state index in [9.17, 15) is 9.59 Å². The SMILES string of the molecule is CC1(C)OB(C(=Cc2cncc(C(N)=O)c2)CNC(=O)OCC2c3ccccc3-c3ccccc32)OC1(C)C. The van der Waals surface area contributed by atoms with Gasteiger partial charge in [-0.1, -0.05) is 54.6 Å². The highest BCUT2D eigenvalue weighted by atomic mass is 16.7. The van der Waals surface area contributed by atoms with E-state index in [0.29, 0.717) is 11.0 Å². The Morgan fingerprint density at radius 1 is 1.00 bits per heavy atom. The third-order valence-corrected chi connectivity index (χ3v) is 7.73. The number of fused-ring (bicyclic) bond motifs is 3. The molecule has 200 valence electrons. The third-order valence-electron chi connectivity index (χ3n) is 7.73. The van der Waals surface area contributed by atoms with E-state index in [0.717, 1.165) is 11.1 Å². The number of nitrogens with zero attached hydrogens (tertiary/aromatic N) is 1. The summed E-state index contributed by atoms with van der Waals surface area (Å²) in [7, 11) is -0.721. The molecule has 0 atom stereocenters. The van der Waals surface area contributed by atoms with E-state index in [2.05, 4.69) is 34.6 Å². The van der Waals surface area contributed by atoms with Gasteiger partial charge in [0, 0.05) is 24.9 Å². The Balaban J connectivity index is 1.31. The summed E-state index contributed by atoms with van der Waals surface area (Å²) in [6.07, 6.45) is 4.24. The number of pyridine rings is 1. The monoisotopic (exact) mass is 525 g/mol. The molecule has 2 aliphatic rings. The number of carbonyl (C=O) groups is 2. The summed E-state index contributed by atoms with van der Waals surface area (Å²) >= 11 is 0. The molecule has 0 bridgehead atoms. The molecule has 5 rings (SSSR count). The predicted molar refractivity (Wildman–Crippen MR) is 150 cm³/mol. The van der Waals surface area contributed by atoms with Gasteiger partial charge in [-0.15, -0.1) is 0 Å². The van der Waals surface area contributed by atoms with Crippen molar-refractivity contribution < 1.29 is 23.6 Å². The molecule has 0 spiro atoms.